The average molecular weight is 148 g/mol. The third-order valence-corrected chi connectivity index (χ3v) is 1.33. The molecule has 0 bridgehead atoms. The second-order valence-corrected chi connectivity index (χ2v) is 1.92. The van der Waals surface area contributed by atoms with Crippen molar-refractivity contribution >= 4 is 17.8 Å². The van der Waals surface area contributed by atoms with Gasteiger partial charge in [0.1, 0.15) is 6.79 Å². The smallest absolute Gasteiger partial charge is 0.106 e. The highest BCUT2D eigenvalue weighted by Crippen LogP contribution is 2.05. The Hall–Kier alpha value is -1.64. The van der Waals surface area contributed by atoms with Gasteiger partial charge >= 0.3 is 0 Å². The Kier molecular flexibility index (Phi) is 2.38. The molecule has 2 aromatic rings. The first-order valence-corrected chi connectivity index (χ1v) is 3.14. The summed E-state index contributed by atoms with van der Waals surface area (Å²) in [7, 11) is 0. The fourth-order valence-corrected chi connectivity index (χ4v) is 0.880. The second-order valence-electron chi connectivity index (χ2n) is 1.92. The van der Waals surface area contributed by atoms with Crippen LogP contribution in [0.5, 0.6) is 0 Å². The van der Waals surface area contributed by atoms with Gasteiger partial charge in [-0.05, 0) is 12.1 Å². The first-order valence-electron chi connectivity index (χ1n) is 3.14. The van der Waals surface area contributed by atoms with E-state index in [1.807, 2.05) is 31.1 Å². The minimum Gasteiger partial charge on any atom is -0.345 e. The molecule has 0 aliphatic carbocycles. The highest BCUT2D eigenvalue weighted by molar-refractivity contribution is 5.73. The van der Waals surface area contributed by atoms with Crippen molar-refractivity contribution in [2.45, 2.75) is 0 Å². The van der Waals surface area contributed by atoms with E-state index in [4.69, 9.17) is 4.79 Å². The lowest BCUT2D eigenvalue weighted by Gasteiger charge is -1.81. The molecular formula is C8H8N2O. The first-order chi connectivity index (χ1) is 5.47. The SMILES string of the molecule is C=O.c1ccc2[nH]cnc2c1. The molecule has 1 N–H and O–H groups in total. The Morgan fingerprint density at radius 2 is 2.00 bits per heavy atom. The summed E-state index contributed by atoms with van der Waals surface area (Å²) in [5.41, 5.74) is 2.12. The third kappa shape index (κ3) is 1.43. The Balaban J connectivity index is 0.000000281. The van der Waals surface area contributed by atoms with Crippen LogP contribution in [0.4, 0.5) is 0 Å². The molecule has 0 spiro atoms. The van der Waals surface area contributed by atoms with Crippen LogP contribution in [0.1, 0.15) is 0 Å². The number of nitrogens with one attached hydrogen (secondary N) is 1. The molecule has 0 fully saturated rings. The van der Waals surface area contributed by atoms with Gasteiger partial charge in [0.25, 0.3) is 0 Å². The molecule has 0 saturated carbocycles. The number of fused-ring (bicyclic) bond motifs is 1. The maximum absolute atomic E-state index is 8.00. The molecule has 11 heavy (non-hydrogen) atoms. The van der Waals surface area contributed by atoms with E-state index in [-0.39, 0.29) is 0 Å². The molecule has 1 heterocycles. The van der Waals surface area contributed by atoms with Gasteiger partial charge in [-0.3, -0.25) is 0 Å². The number of aromatic amines is 1. The van der Waals surface area contributed by atoms with Crippen molar-refractivity contribution in [2.75, 3.05) is 0 Å². The number of carbonyl (C=O) groups excluding carboxylic acids is 1. The molecule has 0 saturated heterocycles. The number of benzene rings is 1. The van der Waals surface area contributed by atoms with E-state index >= 15 is 0 Å². The molecule has 0 aliphatic rings. The van der Waals surface area contributed by atoms with Crippen LogP contribution in [0, 0.1) is 0 Å². The summed E-state index contributed by atoms with van der Waals surface area (Å²) in [6, 6.07) is 7.94. The van der Waals surface area contributed by atoms with Crippen LogP contribution in [-0.4, -0.2) is 16.8 Å². The van der Waals surface area contributed by atoms with Crippen LogP contribution < -0.4 is 0 Å². The number of aromatic nitrogens is 2. The van der Waals surface area contributed by atoms with Gasteiger partial charge in [-0.1, -0.05) is 12.1 Å². The largest absolute Gasteiger partial charge is 0.345 e. The molecule has 3 heteroatoms. The molecular weight excluding hydrogens is 140 g/mol. The van der Waals surface area contributed by atoms with Gasteiger partial charge in [-0.25, -0.2) is 4.98 Å². The maximum atomic E-state index is 8.00. The molecule has 2 rings (SSSR count). The number of rotatable bonds is 0. The standard InChI is InChI=1S/C7H6N2.CH2O/c1-2-4-7-6(3-1)8-5-9-7;1-2/h1-5H,(H,8,9);1H2. The molecule has 0 atom stereocenters. The summed E-state index contributed by atoms with van der Waals surface area (Å²) >= 11 is 0. The van der Waals surface area contributed by atoms with Crippen molar-refractivity contribution in [3.8, 4) is 0 Å². The highest BCUT2D eigenvalue weighted by atomic mass is 16.1. The highest BCUT2D eigenvalue weighted by Gasteiger charge is 1.88. The Morgan fingerprint density at radius 3 is 2.73 bits per heavy atom. The number of H-pyrrole nitrogens is 1. The number of hydrogen-bond donors (Lipinski definition) is 1. The van der Waals surface area contributed by atoms with E-state index in [0.717, 1.165) is 11.0 Å². The summed E-state index contributed by atoms with van der Waals surface area (Å²) in [4.78, 5) is 15.1. The van der Waals surface area contributed by atoms with E-state index in [9.17, 15) is 0 Å². The van der Waals surface area contributed by atoms with Crippen LogP contribution in [0.2, 0.25) is 0 Å². The molecule has 0 aliphatic heterocycles. The van der Waals surface area contributed by atoms with Gasteiger partial charge in [0.2, 0.25) is 0 Å². The van der Waals surface area contributed by atoms with E-state index in [0.29, 0.717) is 0 Å². The average Bonchev–Trinajstić information content (AvgIpc) is 2.55. The summed E-state index contributed by atoms with van der Waals surface area (Å²) in [6.07, 6.45) is 1.70. The summed E-state index contributed by atoms with van der Waals surface area (Å²) in [6.45, 7) is 2.00. The van der Waals surface area contributed by atoms with Crippen LogP contribution in [-0.2, 0) is 4.79 Å². The Morgan fingerprint density at radius 1 is 1.27 bits per heavy atom. The zero-order valence-electron chi connectivity index (χ0n) is 5.95. The van der Waals surface area contributed by atoms with Gasteiger partial charge in [0.05, 0.1) is 17.4 Å². The van der Waals surface area contributed by atoms with Crippen LogP contribution >= 0.6 is 0 Å². The summed E-state index contributed by atoms with van der Waals surface area (Å²) in [5.74, 6) is 0. The van der Waals surface area contributed by atoms with Crippen molar-refractivity contribution in [1.29, 1.82) is 0 Å². The van der Waals surface area contributed by atoms with E-state index in [1.165, 1.54) is 0 Å². The van der Waals surface area contributed by atoms with Crippen LogP contribution in [0.15, 0.2) is 30.6 Å². The number of hydrogen-bond acceptors (Lipinski definition) is 2. The van der Waals surface area contributed by atoms with Crippen molar-refractivity contribution in [3.05, 3.63) is 30.6 Å². The fraction of sp³-hybridized carbons (Fsp3) is 0. The molecule has 3 nitrogen and oxygen atoms in total. The van der Waals surface area contributed by atoms with Gasteiger partial charge in [0.15, 0.2) is 0 Å². The van der Waals surface area contributed by atoms with Gasteiger partial charge in [-0.15, -0.1) is 0 Å². The Bertz CT molecular complexity index is 299. The van der Waals surface area contributed by atoms with Crippen molar-refractivity contribution in [1.82, 2.24) is 9.97 Å². The minimum absolute atomic E-state index is 1.03. The van der Waals surface area contributed by atoms with Crippen LogP contribution in [0.25, 0.3) is 11.0 Å². The first kappa shape index (κ1) is 7.47. The van der Waals surface area contributed by atoms with E-state index in [1.54, 1.807) is 6.33 Å². The van der Waals surface area contributed by atoms with Crippen molar-refractivity contribution < 1.29 is 4.79 Å². The van der Waals surface area contributed by atoms with Crippen molar-refractivity contribution in [2.24, 2.45) is 0 Å². The molecule has 1 aromatic carbocycles. The minimum atomic E-state index is 1.03. The molecule has 56 valence electrons. The molecule has 1 aromatic heterocycles. The topological polar surface area (TPSA) is 45.8 Å². The fourth-order valence-electron chi connectivity index (χ4n) is 0.880. The van der Waals surface area contributed by atoms with Gasteiger partial charge in [-0.2, -0.15) is 0 Å². The number of imidazole rings is 1. The monoisotopic (exact) mass is 148 g/mol. The van der Waals surface area contributed by atoms with E-state index in [2.05, 4.69) is 9.97 Å². The van der Waals surface area contributed by atoms with Crippen LogP contribution in [0.3, 0.4) is 0 Å². The normalized spacial score (nSPS) is 8.73. The summed E-state index contributed by atoms with van der Waals surface area (Å²) in [5, 5.41) is 0. The number of carbonyl (C=O) groups is 1. The Labute approximate surface area is 64.1 Å². The number of para-hydroxylation sites is 2. The number of nitrogens with zero attached hydrogens (tertiary/aromatic N) is 1. The zero-order chi connectivity index (χ0) is 8.10. The lowest BCUT2D eigenvalue weighted by Crippen LogP contribution is -1.63. The molecule has 0 unspecified atom stereocenters. The predicted octanol–water partition coefficient (Wildman–Crippen LogP) is 1.38. The second kappa shape index (κ2) is 3.51. The molecule has 0 amide bonds. The van der Waals surface area contributed by atoms with Gasteiger partial charge < -0.3 is 9.78 Å². The third-order valence-electron chi connectivity index (χ3n) is 1.33. The summed E-state index contributed by atoms with van der Waals surface area (Å²) < 4.78 is 0. The lowest BCUT2D eigenvalue weighted by atomic mass is 10.3. The maximum Gasteiger partial charge on any atom is 0.106 e. The van der Waals surface area contributed by atoms with Gasteiger partial charge in [0, 0.05) is 0 Å². The van der Waals surface area contributed by atoms with Crippen molar-refractivity contribution in [3.63, 3.8) is 0 Å². The lowest BCUT2D eigenvalue weighted by molar-refractivity contribution is -0.0979. The quantitative estimate of drug-likeness (QED) is 0.613. The predicted molar refractivity (Wildman–Crippen MR) is 43.2 cm³/mol. The van der Waals surface area contributed by atoms with E-state index < -0.39 is 0 Å². The zero-order valence-corrected chi connectivity index (χ0v) is 5.95. The molecule has 0 radical (unpaired) electrons.